The van der Waals surface area contributed by atoms with Gasteiger partial charge in [0.15, 0.2) is 17.8 Å². The van der Waals surface area contributed by atoms with Crippen LogP contribution in [0, 0.1) is 0 Å². The Morgan fingerprint density at radius 1 is 1.05 bits per heavy atom. The fourth-order valence-electron chi connectivity index (χ4n) is 1.45. The smallest absolute Gasteiger partial charge is 0.322 e. The third-order valence-corrected chi connectivity index (χ3v) is 2.36. The van der Waals surface area contributed by atoms with E-state index < -0.39 is 0 Å². The number of benzene rings is 1. The molecule has 19 heavy (non-hydrogen) atoms. The standard InChI is InChI=1S/C13H12N2O4/c1-17-10-4-3-5-11(18-2)12(10)19-13-14-6-9(8-16)7-15-13/h3-8H,1-2H3. The Kier molecular flexibility index (Phi) is 3.92. The van der Waals surface area contributed by atoms with Gasteiger partial charge in [-0.15, -0.1) is 0 Å². The topological polar surface area (TPSA) is 70.5 Å². The van der Waals surface area contributed by atoms with Gasteiger partial charge in [-0.3, -0.25) is 4.79 Å². The van der Waals surface area contributed by atoms with E-state index in [9.17, 15) is 4.79 Å². The van der Waals surface area contributed by atoms with Gasteiger partial charge < -0.3 is 14.2 Å². The fraction of sp³-hybridized carbons (Fsp3) is 0.154. The number of aromatic nitrogens is 2. The van der Waals surface area contributed by atoms with E-state index in [4.69, 9.17) is 14.2 Å². The molecule has 0 spiro atoms. The lowest BCUT2D eigenvalue weighted by atomic mass is 10.3. The molecule has 0 saturated carbocycles. The van der Waals surface area contributed by atoms with Gasteiger partial charge in [-0.1, -0.05) is 6.07 Å². The van der Waals surface area contributed by atoms with Gasteiger partial charge >= 0.3 is 6.01 Å². The van der Waals surface area contributed by atoms with E-state index in [1.54, 1.807) is 18.2 Å². The lowest BCUT2D eigenvalue weighted by Crippen LogP contribution is -1.97. The maximum Gasteiger partial charge on any atom is 0.322 e. The van der Waals surface area contributed by atoms with E-state index >= 15 is 0 Å². The third kappa shape index (κ3) is 2.79. The van der Waals surface area contributed by atoms with Crippen LogP contribution < -0.4 is 14.2 Å². The number of hydrogen-bond acceptors (Lipinski definition) is 6. The minimum atomic E-state index is 0.105. The van der Waals surface area contributed by atoms with Crippen LogP contribution in [0.3, 0.4) is 0 Å². The maximum atomic E-state index is 10.5. The lowest BCUT2D eigenvalue weighted by molar-refractivity contribution is 0.112. The Balaban J connectivity index is 2.33. The molecule has 1 aromatic heterocycles. The molecule has 0 atom stereocenters. The number of para-hydroxylation sites is 1. The minimum absolute atomic E-state index is 0.105. The average molecular weight is 260 g/mol. The van der Waals surface area contributed by atoms with Gasteiger partial charge in [0.05, 0.1) is 19.8 Å². The molecule has 0 fully saturated rings. The fourth-order valence-corrected chi connectivity index (χ4v) is 1.45. The molecule has 0 aliphatic heterocycles. The van der Waals surface area contributed by atoms with E-state index in [0.717, 1.165) is 0 Å². The summed E-state index contributed by atoms with van der Waals surface area (Å²) < 4.78 is 15.9. The summed E-state index contributed by atoms with van der Waals surface area (Å²) in [5.41, 5.74) is 0.374. The van der Waals surface area contributed by atoms with Crippen molar-refractivity contribution >= 4 is 6.29 Å². The molecule has 0 bridgehead atoms. The van der Waals surface area contributed by atoms with Crippen LogP contribution in [0.5, 0.6) is 23.3 Å². The molecule has 0 unspecified atom stereocenters. The summed E-state index contributed by atoms with van der Waals surface area (Å²) in [6.45, 7) is 0. The van der Waals surface area contributed by atoms with Gasteiger partial charge in [0.25, 0.3) is 0 Å². The predicted molar refractivity (Wildman–Crippen MR) is 67.0 cm³/mol. The zero-order valence-corrected chi connectivity index (χ0v) is 10.5. The van der Waals surface area contributed by atoms with Gasteiger partial charge in [-0.2, -0.15) is 0 Å². The molecule has 0 saturated heterocycles. The number of carbonyl (C=O) groups is 1. The highest BCUT2D eigenvalue weighted by atomic mass is 16.5. The summed E-state index contributed by atoms with van der Waals surface area (Å²) >= 11 is 0. The van der Waals surface area contributed by atoms with Crippen molar-refractivity contribution < 1.29 is 19.0 Å². The summed E-state index contributed by atoms with van der Waals surface area (Å²) in [5.74, 6) is 1.39. The third-order valence-electron chi connectivity index (χ3n) is 2.36. The first-order valence-electron chi connectivity index (χ1n) is 5.44. The van der Waals surface area contributed by atoms with E-state index in [1.807, 2.05) is 0 Å². The average Bonchev–Trinajstić information content (AvgIpc) is 2.48. The van der Waals surface area contributed by atoms with Crippen LogP contribution in [-0.4, -0.2) is 30.5 Å². The van der Waals surface area contributed by atoms with E-state index in [0.29, 0.717) is 29.1 Å². The first-order valence-corrected chi connectivity index (χ1v) is 5.44. The Morgan fingerprint density at radius 2 is 1.63 bits per heavy atom. The molecule has 0 aliphatic carbocycles. The number of hydrogen-bond donors (Lipinski definition) is 0. The summed E-state index contributed by atoms with van der Waals surface area (Å²) in [4.78, 5) is 18.4. The quantitative estimate of drug-likeness (QED) is 0.767. The highest BCUT2D eigenvalue weighted by molar-refractivity contribution is 5.73. The van der Waals surface area contributed by atoms with Crippen LogP contribution in [0.4, 0.5) is 0 Å². The van der Waals surface area contributed by atoms with Crippen molar-refractivity contribution in [2.24, 2.45) is 0 Å². The Morgan fingerprint density at radius 3 is 2.11 bits per heavy atom. The molecule has 0 aliphatic rings. The number of methoxy groups -OCH3 is 2. The maximum absolute atomic E-state index is 10.5. The van der Waals surface area contributed by atoms with Crippen LogP contribution in [0.15, 0.2) is 30.6 Å². The van der Waals surface area contributed by atoms with Crippen LogP contribution in [-0.2, 0) is 0 Å². The molecule has 1 heterocycles. The van der Waals surface area contributed by atoms with Crippen molar-refractivity contribution in [1.29, 1.82) is 0 Å². The van der Waals surface area contributed by atoms with Crippen molar-refractivity contribution in [3.63, 3.8) is 0 Å². The molecule has 0 radical (unpaired) electrons. The number of ether oxygens (including phenoxy) is 3. The molecule has 0 amide bonds. The molecule has 6 nitrogen and oxygen atoms in total. The number of nitrogens with zero attached hydrogens (tertiary/aromatic N) is 2. The zero-order valence-electron chi connectivity index (χ0n) is 10.5. The second-order valence-corrected chi connectivity index (χ2v) is 3.51. The van der Waals surface area contributed by atoms with Crippen LogP contribution in [0.25, 0.3) is 0 Å². The predicted octanol–water partition coefficient (Wildman–Crippen LogP) is 2.10. The van der Waals surface area contributed by atoms with Crippen molar-refractivity contribution in [2.75, 3.05) is 14.2 Å². The molecule has 2 aromatic rings. The minimum Gasteiger partial charge on any atom is -0.493 e. The summed E-state index contributed by atoms with van der Waals surface area (Å²) in [6, 6.07) is 5.35. The van der Waals surface area contributed by atoms with Gasteiger partial charge in [-0.05, 0) is 12.1 Å². The molecule has 0 N–H and O–H groups in total. The molecule has 1 aromatic carbocycles. The first-order chi connectivity index (χ1) is 9.28. The molecule has 2 rings (SSSR count). The molecular formula is C13H12N2O4. The number of rotatable bonds is 5. The lowest BCUT2D eigenvalue weighted by Gasteiger charge is -2.12. The van der Waals surface area contributed by atoms with Crippen LogP contribution in [0.2, 0.25) is 0 Å². The van der Waals surface area contributed by atoms with Crippen molar-refractivity contribution in [3.8, 4) is 23.3 Å². The van der Waals surface area contributed by atoms with Crippen LogP contribution in [0.1, 0.15) is 10.4 Å². The Hall–Kier alpha value is -2.63. The van der Waals surface area contributed by atoms with Crippen molar-refractivity contribution in [1.82, 2.24) is 9.97 Å². The highest BCUT2D eigenvalue weighted by Gasteiger charge is 2.13. The summed E-state index contributed by atoms with van der Waals surface area (Å²) in [7, 11) is 3.05. The number of aldehydes is 1. The van der Waals surface area contributed by atoms with Crippen LogP contribution >= 0.6 is 0 Å². The zero-order chi connectivity index (χ0) is 13.7. The van der Waals surface area contributed by atoms with Crippen molar-refractivity contribution in [2.45, 2.75) is 0 Å². The molecule has 98 valence electrons. The summed E-state index contributed by atoms with van der Waals surface area (Å²) in [6.07, 6.45) is 3.40. The SMILES string of the molecule is COc1cccc(OC)c1Oc1ncc(C=O)cn1. The van der Waals surface area contributed by atoms with Gasteiger partial charge in [-0.25, -0.2) is 9.97 Å². The second-order valence-electron chi connectivity index (χ2n) is 3.51. The van der Waals surface area contributed by atoms with E-state index in [1.165, 1.54) is 26.6 Å². The van der Waals surface area contributed by atoms with E-state index in [-0.39, 0.29) is 6.01 Å². The summed E-state index contributed by atoms with van der Waals surface area (Å²) in [5, 5.41) is 0. The monoisotopic (exact) mass is 260 g/mol. The van der Waals surface area contributed by atoms with Gasteiger partial charge in [0, 0.05) is 12.4 Å². The second kappa shape index (κ2) is 5.81. The molecule has 6 heteroatoms. The van der Waals surface area contributed by atoms with Crippen molar-refractivity contribution in [3.05, 3.63) is 36.2 Å². The Bertz CT molecular complexity index is 547. The molecular weight excluding hydrogens is 248 g/mol. The highest BCUT2D eigenvalue weighted by Crippen LogP contribution is 2.38. The normalized spacial score (nSPS) is 9.79. The number of carbonyl (C=O) groups excluding carboxylic acids is 1. The largest absolute Gasteiger partial charge is 0.493 e. The van der Waals surface area contributed by atoms with E-state index in [2.05, 4.69) is 9.97 Å². The Labute approximate surface area is 110 Å². The van der Waals surface area contributed by atoms with Gasteiger partial charge in [0.2, 0.25) is 5.75 Å². The van der Waals surface area contributed by atoms with Gasteiger partial charge in [0.1, 0.15) is 0 Å². The first kappa shape index (κ1) is 12.8.